The van der Waals surface area contributed by atoms with E-state index in [0.717, 1.165) is 18.4 Å². The van der Waals surface area contributed by atoms with Crippen LogP contribution < -0.4 is 14.8 Å². The van der Waals surface area contributed by atoms with E-state index in [1.807, 2.05) is 19.1 Å². The molecule has 1 aliphatic heterocycles. The van der Waals surface area contributed by atoms with Crippen molar-refractivity contribution in [1.82, 2.24) is 4.90 Å². The smallest absolute Gasteiger partial charge is 0.197 e. The first-order valence-corrected chi connectivity index (χ1v) is 12.4. The van der Waals surface area contributed by atoms with Crippen molar-refractivity contribution in [2.45, 2.75) is 58.4 Å². The quantitative estimate of drug-likeness (QED) is 0.361. The molecule has 1 heterocycles. The summed E-state index contributed by atoms with van der Waals surface area (Å²) >= 11 is 0. The van der Waals surface area contributed by atoms with Crippen molar-refractivity contribution in [1.29, 1.82) is 10.7 Å². The predicted octanol–water partition coefficient (Wildman–Crippen LogP) is 5.37. The van der Waals surface area contributed by atoms with Crippen molar-refractivity contribution < 1.29 is 18.7 Å². The van der Waals surface area contributed by atoms with Gasteiger partial charge in [-0.15, -0.1) is 0 Å². The molecule has 0 bridgehead atoms. The SMILES string of the molecule is CCOc1cc2c(c(F)c1OCC)C(=N)N(CC(=O)c1cc(NCC#N)cc(C(C)(C)C)c1)C21CC1. The van der Waals surface area contributed by atoms with E-state index in [-0.39, 0.29) is 48.0 Å². The highest BCUT2D eigenvalue weighted by atomic mass is 19.1. The molecule has 1 spiro atoms. The largest absolute Gasteiger partial charge is 0.490 e. The Labute approximate surface area is 211 Å². The molecule has 190 valence electrons. The fourth-order valence-corrected chi connectivity index (χ4v) is 4.83. The molecule has 2 aliphatic rings. The zero-order chi connectivity index (χ0) is 26.3. The van der Waals surface area contributed by atoms with E-state index in [2.05, 4.69) is 32.2 Å². The van der Waals surface area contributed by atoms with Gasteiger partial charge in [-0.05, 0) is 67.5 Å². The van der Waals surface area contributed by atoms with E-state index >= 15 is 4.39 Å². The van der Waals surface area contributed by atoms with Gasteiger partial charge in [0, 0.05) is 11.3 Å². The van der Waals surface area contributed by atoms with Crippen LogP contribution in [-0.4, -0.2) is 42.8 Å². The number of carbonyl (C=O) groups is 1. The summed E-state index contributed by atoms with van der Waals surface area (Å²) in [6.07, 6.45) is 1.46. The molecule has 1 fully saturated rings. The molecule has 36 heavy (non-hydrogen) atoms. The lowest BCUT2D eigenvalue weighted by Crippen LogP contribution is -2.38. The molecule has 1 aliphatic carbocycles. The maximum Gasteiger partial charge on any atom is 0.197 e. The average Bonchev–Trinajstić information content (AvgIpc) is 3.59. The van der Waals surface area contributed by atoms with Gasteiger partial charge in [0.2, 0.25) is 0 Å². The number of nitriles is 1. The molecule has 2 aromatic rings. The Balaban J connectivity index is 1.70. The lowest BCUT2D eigenvalue weighted by Gasteiger charge is -2.27. The number of benzene rings is 2. The van der Waals surface area contributed by atoms with Gasteiger partial charge >= 0.3 is 0 Å². The van der Waals surface area contributed by atoms with Gasteiger partial charge in [-0.2, -0.15) is 5.26 Å². The minimum absolute atomic E-state index is 0.00726. The van der Waals surface area contributed by atoms with Crippen LogP contribution in [0.15, 0.2) is 24.3 Å². The fourth-order valence-electron chi connectivity index (χ4n) is 4.83. The molecule has 0 saturated heterocycles. The number of halogens is 1. The van der Waals surface area contributed by atoms with E-state index in [4.69, 9.17) is 20.1 Å². The molecule has 4 rings (SSSR count). The van der Waals surface area contributed by atoms with Crippen LogP contribution in [0.25, 0.3) is 0 Å². The minimum Gasteiger partial charge on any atom is -0.490 e. The molecule has 0 amide bonds. The highest BCUT2D eigenvalue weighted by molar-refractivity contribution is 6.07. The molecule has 7 nitrogen and oxygen atoms in total. The Morgan fingerprint density at radius 1 is 1.19 bits per heavy atom. The number of anilines is 1. The van der Waals surface area contributed by atoms with Crippen LogP contribution in [0.4, 0.5) is 10.1 Å². The summed E-state index contributed by atoms with van der Waals surface area (Å²) in [6.45, 7) is 10.5. The monoisotopic (exact) mass is 492 g/mol. The third-order valence-corrected chi connectivity index (χ3v) is 6.82. The molecule has 0 atom stereocenters. The van der Waals surface area contributed by atoms with Gasteiger partial charge in [-0.3, -0.25) is 10.2 Å². The van der Waals surface area contributed by atoms with Gasteiger partial charge < -0.3 is 19.7 Å². The third kappa shape index (κ3) is 4.39. The zero-order valence-electron chi connectivity index (χ0n) is 21.5. The van der Waals surface area contributed by atoms with E-state index in [1.54, 1.807) is 24.0 Å². The Kier molecular flexibility index (Phi) is 6.70. The zero-order valence-corrected chi connectivity index (χ0v) is 21.5. The molecular weight excluding hydrogens is 459 g/mol. The molecular formula is C28H33FN4O3. The Morgan fingerprint density at radius 3 is 2.47 bits per heavy atom. The number of nitrogens with zero attached hydrogens (tertiary/aromatic N) is 2. The minimum atomic E-state index is -0.609. The highest BCUT2D eigenvalue weighted by Gasteiger charge is 2.58. The van der Waals surface area contributed by atoms with Crippen molar-refractivity contribution in [3.63, 3.8) is 0 Å². The summed E-state index contributed by atoms with van der Waals surface area (Å²) in [5.41, 5.74) is 2.24. The van der Waals surface area contributed by atoms with Gasteiger partial charge in [-0.25, -0.2) is 4.39 Å². The van der Waals surface area contributed by atoms with Crippen molar-refractivity contribution >= 4 is 17.3 Å². The summed E-state index contributed by atoms with van der Waals surface area (Å²) in [4.78, 5) is 15.3. The molecule has 0 unspecified atom stereocenters. The molecule has 1 saturated carbocycles. The van der Waals surface area contributed by atoms with Crippen LogP contribution in [0, 0.1) is 22.6 Å². The number of fused-ring (bicyclic) bond motifs is 2. The summed E-state index contributed by atoms with van der Waals surface area (Å²) in [6, 6.07) is 9.40. The van der Waals surface area contributed by atoms with Crippen LogP contribution in [0.5, 0.6) is 11.5 Å². The average molecular weight is 493 g/mol. The second kappa shape index (κ2) is 9.45. The van der Waals surface area contributed by atoms with Crippen LogP contribution in [0.3, 0.4) is 0 Å². The first-order chi connectivity index (χ1) is 17.1. The first-order valence-electron chi connectivity index (χ1n) is 12.4. The number of carbonyl (C=O) groups excluding carboxylic acids is 1. The van der Waals surface area contributed by atoms with Crippen LogP contribution in [0.2, 0.25) is 0 Å². The van der Waals surface area contributed by atoms with Gasteiger partial charge in [0.1, 0.15) is 12.4 Å². The van der Waals surface area contributed by atoms with Gasteiger partial charge in [0.25, 0.3) is 0 Å². The van der Waals surface area contributed by atoms with Crippen LogP contribution >= 0.6 is 0 Å². The number of Topliss-reactive ketones (excluding diaryl/α,β-unsaturated/α-hetero) is 1. The lowest BCUT2D eigenvalue weighted by atomic mass is 9.85. The van der Waals surface area contributed by atoms with Crippen molar-refractivity contribution in [2.75, 3.05) is 31.6 Å². The van der Waals surface area contributed by atoms with Crippen molar-refractivity contribution in [3.8, 4) is 17.6 Å². The Morgan fingerprint density at radius 2 is 1.89 bits per heavy atom. The third-order valence-electron chi connectivity index (χ3n) is 6.82. The number of ketones is 1. The van der Waals surface area contributed by atoms with Gasteiger partial charge in [0.15, 0.2) is 23.1 Å². The van der Waals surface area contributed by atoms with E-state index in [0.29, 0.717) is 29.2 Å². The maximum atomic E-state index is 15.7. The van der Waals surface area contributed by atoms with E-state index in [1.165, 1.54) is 0 Å². The lowest BCUT2D eigenvalue weighted by molar-refractivity contribution is 0.0943. The molecule has 0 aromatic heterocycles. The van der Waals surface area contributed by atoms with E-state index < -0.39 is 11.4 Å². The van der Waals surface area contributed by atoms with Crippen LogP contribution in [0.1, 0.15) is 74.5 Å². The molecule has 0 radical (unpaired) electrons. The van der Waals surface area contributed by atoms with E-state index in [9.17, 15) is 4.79 Å². The normalized spacial score (nSPS) is 15.5. The first kappa shape index (κ1) is 25.5. The second-order valence-electron chi connectivity index (χ2n) is 10.3. The number of ether oxygens (including phenoxy) is 2. The second-order valence-corrected chi connectivity index (χ2v) is 10.3. The summed E-state index contributed by atoms with van der Waals surface area (Å²) in [5, 5.41) is 20.9. The van der Waals surface area contributed by atoms with Gasteiger partial charge in [-0.1, -0.05) is 20.8 Å². The summed E-state index contributed by atoms with van der Waals surface area (Å²) < 4.78 is 26.9. The molecule has 8 heteroatoms. The summed E-state index contributed by atoms with van der Waals surface area (Å²) in [7, 11) is 0. The maximum absolute atomic E-state index is 15.7. The Hall–Kier alpha value is -3.60. The number of rotatable bonds is 9. The van der Waals surface area contributed by atoms with Gasteiger partial charge in [0.05, 0.1) is 36.9 Å². The number of hydrogen-bond donors (Lipinski definition) is 2. The number of hydrogen-bond acceptors (Lipinski definition) is 6. The van der Waals surface area contributed by atoms with Crippen LogP contribution in [-0.2, 0) is 11.0 Å². The summed E-state index contributed by atoms with van der Waals surface area (Å²) in [5.74, 6) is -0.443. The molecule has 2 N–H and O–H groups in total. The van der Waals surface area contributed by atoms with Crippen molar-refractivity contribution in [3.05, 3.63) is 52.3 Å². The standard InChI is InChI=1S/C28H33FN4O3/c1-6-35-22-15-20-23(24(29)25(22)36-7-2)26(31)33(28(20)8-9-28)16-21(34)17-12-18(27(3,4)5)14-19(13-17)32-11-10-30/h12-15,31-32H,6-9,11,16H2,1-5H3. The fraction of sp³-hybridized carbons (Fsp3) is 0.464. The highest BCUT2D eigenvalue weighted by Crippen LogP contribution is 2.58. The number of nitrogens with one attached hydrogen (secondary N) is 2. The molecule has 2 aromatic carbocycles. The van der Waals surface area contributed by atoms with Crippen molar-refractivity contribution in [2.24, 2.45) is 0 Å². The Bertz CT molecular complexity index is 1250. The predicted molar refractivity (Wildman–Crippen MR) is 137 cm³/mol. The topological polar surface area (TPSA) is 98.4 Å². The number of amidine groups is 1.